The van der Waals surface area contributed by atoms with Gasteiger partial charge in [0.15, 0.2) is 0 Å². The topological polar surface area (TPSA) is 98.9 Å². The van der Waals surface area contributed by atoms with Crippen LogP contribution in [0.15, 0.2) is 59.7 Å². The number of para-hydroxylation sites is 2. The van der Waals surface area contributed by atoms with E-state index in [1.165, 1.54) is 6.07 Å². The van der Waals surface area contributed by atoms with E-state index >= 15 is 0 Å². The number of carbonyl (C=O) groups excluding carboxylic acids is 2. The van der Waals surface area contributed by atoms with E-state index in [1.54, 1.807) is 15.3 Å². The highest BCUT2D eigenvalue weighted by molar-refractivity contribution is 6.30. The van der Waals surface area contributed by atoms with Gasteiger partial charge in [0.1, 0.15) is 11.5 Å². The number of hydrogen-bond acceptors (Lipinski definition) is 5. The first kappa shape index (κ1) is 28.2. The summed E-state index contributed by atoms with van der Waals surface area (Å²) >= 11 is 5.90. The van der Waals surface area contributed by atoms with E-state index in [9.17, 15) is 23.2 Å². The second-order valence-corrected chi connectivity index (χ2v) is 11.7. The number of fused-ring (bicyclic) bond motifs is 1. The number of nitrogens with one attached hydrogen (secondary N) is 1. The summed E-state index contributed by atoms with van der Waals surface area (Å²) in [7, 11) is 0. The Kier molecular flexibility index (Phi) is 7.90. The fourth-order valence-corrected chi connectivity index (χ4v) is 5.99. The largest absolute Gasteiger partial charge is 0.349 e. The number of nitrogens with zero attached hydrogens (tertiary/aromatic N) is 4. The highest BCUT2D eigenvalue weighted by Gasteiger charge is 2.30. The van der Waals surface area contributed by atoms with Crippen LogP contribution in [0.4, 0.5) is 8.78 Å². The van der Waals surface area contributed by atoms with Gasteiger partial charge in [0.25, 0.3) is 12.3 Å². The molecule has 11 heteroatoms. The predicted molar refractivity (Wildman–Crippen MR) is 154 cm³/mol. The summed E-state index contributed by atoms with van der Waals surface area (Å²) < 4.78 is 30.2. The van der Waals surface area contributed by atoms with Crippen molar-refractivity contribution in [3.05, 3.63) is 87.3 Å². The molecule has 2 fully saturated rings. The van der Waals surface area contributed by atoms with E-state index in [0.717, 1.165) is 42.9 Å². The standard InChI is InChI=1S/C31H30ClF2N5O3/c32-20-13-24(28(29(33)34)36-15-20)30(41)37-21-9-5-18(6-10-21)17-38-25-3-1-2-4-26(25)39(31(38)42)23-12-11-22(35-16-23)14-27(40)19-7-8-19/h1-4,11-13,15-16,18-19,21,29H,5-10,14,17H2,(H,37,41). The zero-order chi connectivity index (χ0) is 29.4. The Morgan fingerprint density at radius 1 is 0.976 bits per heavy atom. The van der Waals surface area contributed by atoms with Gasteiger partial charge in [-0.25, -0.2) is 13.6 Å². The van der Waals surface area contributed by atoms with Crippen molar-refractivity contribution in [1.82, 2.24) is 24.4 Å². The smallest absolute Gasteiger partial charge is 0.333 e. The normalized spacial score (nSPS) is 18.9. The highest BCUT2D eigenvalue weighted by Crippen LogP contribution is 2.31. The number of hydrogen-bond donors (Lipinski definition) is 1. The summed E-state index contributed by atoms with van der Waals surface area (Å²) in [6.07, 6.45) is 4.95. The summed E-state index contributed by atoms with van der Waals surface area (Å²) in [5.41, 5.74) is 1.98. The predicted octanol–water partition coefficient (Wildman–Crippen LogP) is 5.68. The molecule has 0 aliphatic heterocycles. The number of imidazole rings is 1. The number of Topliss-reactive ketones (excluding diaryl/α,β-unsaturated/α-hetero) is 1. The third kappa shape index (κ3) is 5.86. The van der Waals surface area contributed by atoms with Crippen LogP contribution in [-0.4, -0.2) is 36.8 Å². The second kappa shape index (κ2) is 11.8. The first-order valence-corrected chi connectivity index (χ1v) is 14.6. The van der Waals surface area contributed by atoms with Gasteiger partial charge in [-0.3, -0.25) is 28.7 Å². The zero-order valence-electron chi connectivity index (χ0n) is 22.8. The average Bonchev–Trinajstić information content (AvgIpc) is 3.80. The molecule has 8 nitrogen and oxygen atoms in total. The summed E-state index contributed by atoms with van der Waals surface area (Å²) in [6, 6.07) is 12.3. The molecule has 218 valence electrons. The summed E-state index contributed by atoms with van der Waals surface area (Å²) in [6.45, 7) is 0.516. The van der Waals surface area contributed by atoms with Crippen molar-refractivity contribution in [2.45, 2.75) is 64.0 Å². The van der Waals surface area contributed by atoms with Crippen LogP contribution in [0.25, 0.3) is 16.7 Å². The van der Waals surface area contributed by atoms with Gasteiger partial charge in [0, 0.05) is 36.8 Å². The number of ketones is 1. The van der Waals surface area contributed by atoms with Crippen molar-refractivity contribution >= 4 is 34.3 Å². The van der Waals surface area contributed by atoms with Gasteiger partial charge >= 0.3 is 5.69 Å². The number of pyridine rings is 2. The Labute approximate surface area is 245 Å². The highest BCUT2D eigenvalue weighted by atomic mass is 35.5. The lowest BCUT2D eigenvalue weighted by atomic mass is 9.85. The maximum absolute atomic E-state index is 13.7. The molecule has 0 unspecified atom stereocenters. The summed E-state index contributed by atoms with van der Waals surface area (Å²) in [5, 5.41) is 2.98. The van der Waals surface area contributed by atoms with Crippen LogP contribution in [0, 0.1) is 11.8 Å². The van der Waals surface area contributed by atoms with Gasteiger partial charge in [0.05, 0.1) is 33.5 Å². The van der Waals surface area contributed by atoms with Gasteiger partial charge < -0.3 is 5.32 Å². The van der Waals surface area contributed by atoms with Crippen molar-refractivity contribution < 1.29 is 18.4 Å². The molecule has 3 heterocycles. The van der Waals surface area contributed by atoms with E-state index in [-0.39, 0.29) is 39.9 Å². The van der Waals surface area contributed by atoms with E-state index < -0.39 is 18.0 Å². The molecule has 0 radical (unpaired) electrons. The third-order valence-corrected chi connectivity index (χ3v) is 8.46. The molecule has 0 spiro atoms. The van der Waals surface area contributed by atoms with E-state index in [0.29, 0.717) is 37.2 Å². The van der Waals surface area contributed by atoms with Crippen molar-refractivity contribution in [1.29, 1.82) is 0 Å². The molecule has 3 aromatic heterocycles. The molecular weight excluding hydrogens is 564 g/mol. The summed E-state index contributed by atoms with van der Waals surface area (Å²) in [5.74, 6) is -0.0113. The number of amides is 1. The third-order valence-electron chi connectivity index (χ3n) is 8.25. The van der Waals surface area contributed by atoms with E-state index in [4.69, 9.17) is 11.6 Å². The first-order valence-electron chi connectivity index (χ1n) is 14.2. The molecule has 0 atom stereocenters. The van der Waals surface area contributed by atoms with Crippen LogP contribution < -0.4 is 11.0 Å². The van der Waals surface area contributed by atoms with Crippen LogP contribution in [0.2, 0.25) is 5.02 Å². The monoisotopic (exact) mass is 593 g/mol. The van der Waals surface area contributed by atoms with Gasteiger partial charge in [-0.15, -0.1) is 0 Å². The van der Waals surface area contributed by atoms with Gasteiger partial charge in [0.2, 0.25) is 0 Å². The number of benzene rings is 1. The molecular formula is C31H30ClF2N5O3. The number of rotatable bonds is 9. The fraction of sp³-hybridized carbons (Fsp3) is 0.387. The molecule has 42 heavy (non-hydrogen) atoms. The minimum atomic E-state index is -2.88. The maximum atomic E-state index is 13.7. The molecule has 0 saturated heterocycles. The molecule has 1 N–H and O–H groups in total. The minimum absolute atomic E-state index is 0.119. The van der Waals surface area contributed by atoms with Gasteiger partial charge in [-0.2, -0.15) is 0 Å². The molecule has 2 aliphatic rings. The molecule has 2 aliphatic carbocycles. The second-order valence-electron chi connectivity index (χ2n) is 11.2. The molecule has 4 aromatic rings. The average molecular weight is 594 g/mol. The number of alkyl halides is 2. The van der Waals surface area contributed by atoms with Crippen LogP contribution in [0.1, 0.15) is 66.7 Å². The number of aromatic nitrogens is 4. The first-order chi connectivity index (χ1) is 20.3. The Morgan fingerprint density at radius 2 is 1.71 bits per heavy atom. The Balaban J connectivity index is 1.14. The van der Waals surface area contributed by atoms with E-state index in [2.05, 4.69) is 15.3 Å². The van der Waals surface area contributed by atoms with Crippen LogP contribution in [-0.2, 0) is 17.8 Å². The fourth-order valence-electron chi connectivity index (χ4n) is 5.83. The zero-order valence-corrected chi connectivity index (χ0v) is 23.6. The quantitative estimate of drug-likeness (QED) is 0.269. The van der Waals surface area contributed by atoms with E-state index in [1.807, 2.05) is 36.4 Å². The molecule has 2 saturated carbocycles. The Bertz CT molecular complexity index is 1690. The Morgan fingerprint density at radius 3 is 2.38 bits per heavy atom. The van der Waals surface area contributed by atoms with Crippen LogP contribution >= 0.6 is 11.6 Å². The van der Waals surface area contributed by atoms with Crippen LogP contribution in [0.5, 0.6) is 0 Å². The molecule has 1 amide bonds. The Hall–Kier alpha value is -3.92. The van der Waals surface area contributed by atoms with Crippen molar-refractivity contribution in [2.75, 3.05) is 0 Å². The summed E-state index contributed by atoms with van der Waals surface area (Å²) in [4.78, 5) is 46.8. The lowest BCUT2D eigenvalue weighted by Crippen LogP contribution is -2.39. The van der Waals surface area contributed by atoms with Gasteiger partial charge in [-0.1, -0.05) is 23.7 Å². The maximum Gasteiger partial charge on any atom is 0.333 e. The number of halogens is 3. The molecule has 6 rings (SSSR count). The minimum Gasteiger partial charge on any atom is -0.349 e. The SMILES string of the molecule is O=C(NC1CCC(Cn2c(=O)n(-c3ccc(CC(=O)C4CC4)nc3)c3ccccc32)CC1)c1cc(Cl)cnc1C(F)F. The van der Waals surface area contributed by atoms with Crippen molar-refractivity contribution in [2.24, 2.45) is 11.8 Å². The number of carbonyl (C=O) groups is 2. The van der Waals surface area contributed by atoms with Gasteiger partial charge in [-0.05, 0) is 74.8 Å². The van der Waals surface area contributed by atoms with Crippen LogP contribution in [0.3, 0.4) is 0 Å². The molecule has 0 bridgehead atoms. The lowest BCUT2D eigenvalue weighted by Gasteiger charge is -2.29. The lowest BCUT2D eigenvalue weighted by molar-refractivity contribution is -0.119. The van der Waals surface area contributed by atoms with Crippen molar-refractivity contribution in [3.8, 4) is 5.69 Å². The van der Waals surface area contributed by atoms with Crippen molar-refractivity contribution in [3.63, 3.8) is 0 Å². The molecule has 1 aromatic carbocycles.